The Balaban J connectivity index is 2.67. The number of carbonyl (C=O) groups is 1. The van der Waals surface area contributed by atoms with Crippen molar-refractivity contribution in [3.8, 4) is 0 Å². The van der Waals surface area contributed by atoms with Crippen molar-refractivity contribution in [3.63, 3.8) is 0 Å². The zero-order chi connectivity index (χ0) is 12.8. The quantitative estimate of drug-likeness (QED) is 0.542. The number of hydrogen-bond acceptors (Lipinski definition) is 4. The number of nitrogens with zero attached hydrogens (tertiary/aromatic N) is 1. The summed E-state index contributed by atoms with van der Waals surface area (Å²) in [6.07, 6.45) is 1.67. The maximum atomic E-state index is 11.8. The van der Waals surface area contributed by atoms with Gasteiger partial charge in [0.1, 0.15) is 5.69 Å². The molecule has 6 heteroatoms. The summed E-state index contributed by atoms with van der Waals surface area (Å²) in [7, 11) is 0. The number of hydrogen-bond donors (Lipinski definition) is 4. The average Bonchev–Trinajstić information content (AvgIpc) is 2.67. The van der Waals surface area contributed by atoms with Crippen molar-refractivity contribution in [1.29, 1.82) is 0 Å². The highest BCUT2D eigenvalue weighted by Crippen LogP contribution is 2.11. The predicted octanol–water partition coefficient (Wildman–Crippen LogP) is -0.437. The molecule has 1 unspecified atom stereocenters. The first-order valence-electron chi connectivity index (χ1n) is 5.61. The minimum absolute atomic E-state index is 0.0204. The van der Waals surface area contributed by atoms with Gasteiger partial charge in [-0.15, -0.1) is 0 Å². The van der Waals surface area contributed by atoms with Crippen molar-refractivity contribution in [2.24, 2.45) is 0 Å². The maximum absolute atomic E-state index is 11.8. The van der Waals surface area contributed by atoms with Crippen LogP contribution in [0.2, 0.25) is 0 Å². The zero-order valence-corrected chi connectivity index (χ0v) is 9.89. The third kappa shape index (κ3) is 3.76. The fraction of sp³-hybridized carbons (Fsp3) is 0.545. The summed E-state index contributed by atoms with van der Waals surface area (Å²) in [5.74, 6) is -0.303. The number of aryl methyl sites for hydroxylation is 1. The van der Waals surface area contributed by atoms with Gasteiger partial charge >= 0.3 is 0 Å². The highest BCUT2D eigenvalue weighted by atomic mass is 16.3. The van der Waals surface area contributed by atoms with E-state index >= 15 is 0 Å². The average molecular weight is 241 g/mol. The largest absolute Gasteiger partial charge is 0.397 e. The SMILES string of the molecule is CCCn1cc(N)cc1C(=O)NCC(O)CO. The van der Waals surface area contributed by atoms with Gasteiger partial charge in [-0.25, -0.2) is 0 Å². The molecule has 0 saturated carbocycles. The molecule has 96 valence electrons. The molecule has 1 rings (SSSR count). The highest BCUT2D eigenvalue weighted by Gasteiger charge is 2.13. The predicted molar refractivity (Wildman–Crippen MR) is 64.6 cm³/mol. The fourth-order valence-electron chi connectivity index (χ4n) is 1.52. The number of aliphatic hydroxyl groups excluding tert-OH is 2. The Labute approximate surface area is 100 Å². The number of nitrogens with two attached hydrogens (primary N) is 1. The first kappa shape index (κ1) is 13.5. The second-order valence-corrected chi connectivity index (χ2v) is 3.90. The Bertz CT molecular complexity index is 376. The van der Waals surface area contributed by atoms with Crippen LogP contribution < -0.4 is 11.1 Å². The van der Waals surface area contributed by atoms with Gasteiger partial charge in [-0.05, 0) is 12.5 Å². The zero-order valence-electron chi connectivity index (χ0n) is 9.89. The molecule has 0 bridgehead atoms. The molecule has 1 aromatic rings. The molecule has 0 aromatic carbocycles. The molecule has 1 amide bonds. The van der Waals surface area contributed by atoms with Gasteiger partial charge in [0.25, 0.3) is 5.91 Å². The highest BCUT2D eigenvalue weighted by molar-refractivity contribution is 5.93. The molecule has 0 aliphatic rings. The van der Waals surface area contributed by atoms with E-state index in [4.69, 9.17) is 15.9 Å². The van der Waals surface area contributed by atoms with E-state index in [2.05, 4.69) is 5.32 Å². The molecule has 0 aliphatic heterocycles. The monoisotopic (exact) mass is 241 g/mol. The van der Waals surface area contributed by atoms with Crippen molar-refractivity contribution in [2.75, 3.05) is 18.9 Å². The van der Waals surface area contributed by atoms with Gasteiger partial charge in [0.2, 0.25) is 0 Å². The third-order valence-corrected chi connectivity index (χ3v) is 2.32. The molecular weight excluding hydrogens is 222 g/mol. The normalized spacial score (nSPS) is 12.4. The van der Waals surface area contributed by atoms with Crippen LogP contribution >= 0.6 is 0 Å². The molecule has 0 saturated heterocycles. The summed E-state index contributed by atoms with van der Waals surface area (Å²) in [6.45, 7) is 2.36. The number of aliphatic hydroxyl groups is 2. The lowest BCUT2D eigenvalue weighted by molar-refractivity contribution is 0.0796. The maximum Gasteiger partial charge on any atom is 0.268 e. The number of nitrogens with one attached hydrogen (secondary N) is 1. The summed E-state index contributed by atoms with van der Waals surface area (Å²) >= 11 is 0. The summed E-state index contributed by atoms with van der Waals surface area (Å²) in [6, 6.07) is 1.59. The van der Waals surface area contributed by atoms with Crippen molar-refractivity contribution in [1.82, 2.24) is 9.88 Å². The molecule has 17 heavy (non-hydrogen) atoms. The summed E-state index contributed by atoms with van der Waals surface area (Å²) in [5, 5.41) is 20.3. The van der Waals surface area contributed by atoms with Crippen LogP contribution in [0.25, 0.3) is 0 Å². The number of carbonyl (C=O) groups excluding carboxylic acids is 1. The van der Waals surface area contributed by atoms with E-state index in [9.17, 15) is 4.79 Å². The summed E-state index contributed by atoms with van der Waals surface area (Å²) in [4.78, 5) is 11.8. The van der Waals surface area contributed by atoms with Gasteiger partial charge in [-0.3, -0.25) is 4.79 Å². The van der Waals surface area contributed by atoms with E-state index in [1.165, 1.54) is 0 Å². The van der Waals surface area contributed by atoms with Crippen LogP contribution in [0.4, 0.5) is 5.69 Å². The molecule has 1 aromatic heterocycles. The number of nitrogen functional groups attached to an aromatic ring is 1. The van der Waals surface area contributed by atoms with Crippen molar-refractivity contribution in [3.05, 3.63) is 18.0 Å². The minimum Gasteiger partial charge on any atom is -0.397 e. The summed E-state index contributed by atoms with van der Waals surface area (Å²) < 4.78 is 1.77. The molecule has 5 N–H and O–H groups in total. The Morgan fingerprint density at radius 3 is 2.94 bits per heavy atom. The van der Waals surface area contributed by atoms with Gasteiger partial charge in [0.05, 0.1) is 18.4 Å². The topological polar surface area (TPSA) is 101 Å². The fourth-order valence-corrected chi connectivity index (χ4v) is 1.52. The van der Waals surface area contributed by atoms with Gasteiger partial charge in [0, 0.05) is 19.3 Å². The van der Waals surface area contributed by atoms with E-state index < -0.39 is 6.10 Å². The lowest BCUT2D eigenvalue weighted by Gasteiger charge is -2.10. The molecule has 0 radical (unpaired) electrons. The van der Waals surface area contributed by atoms with Crippen LogP contribution in [0.5, 0.6) is 0 Å². The lowest BCUT2D eigenvalue weighted by Crippen LogP contribution is -2.34. The van der Waals surface area contributed by atoms with Crippen LogP contribution in [0, 0.1) is 0 Å². The Kier molecular flexibility index (Phi) is 4.99. The molecule has 0 aliphatic carbocycles. The first-order valence-corrected chi connectivity index (χ1v) is 5.61. The van der Waals surface area contributed by atoms with Gasteiger partial charge in [-0.1, -0.05) is 6.92 Å². The van der Waals surface area contributed by atoms with Crippen molar-refractivity contribution < 1.29 is 15.0 Å². The van der Waals surface area contributed by atoms with E-state index in [1.807, 2.05) is 6.92 Å². The van der Waals surface area contributed by atoms with Crippen LogP contribution in [-0.2, 0) is 6.54 Å². The molecule has 1 atom stereocenters. The number of aromatic nitrogens is 1. The van der Waals surface area contributed by atoms with E-state index in [0.717, 1.165) is 6.42 Å². The van der Waals surface area contributed by atoms with Crippen molar-refractivity contribution >= 4 is 11.6 Å². The van der Waals surface area contributed by atoms with Gasteiger partial charge in [0.15, 0.2) is 0 Å². The van der Waals surface area contributed by atoms with Gasteiger partial charge < -0.3 is 25.8 Å². The van der Waals surface area contributed by atoms with E-state index in [-0.39, 0.29) is 19.1 Å². The molecule has 0 fully saturated rings. The molecule has 1 heterocycles. The van der Waals surface area contributed by atoms with Crippen LogP contribution in [0.15, 0.2) is 12.3 Å². The second kappa shape index (κ2) is 6.27. The van der Waals surface area contributed by atoms with Crippen LogP contribution in [-0.4, -0.2) is 39.9 Å². The Hall–Kier alpha value is -1.53. The van der Waals surface area contributed by atoms with E-state index in [0.29, 0.717) is 17.9 Å². The van der Waals surface area contributed by atoms with Crippen molar-refractivity contribution in [2.45, 2.75) is 26.0 Å². The van der Waals surface area contributed by atoms with Gasteiger partial charge in [-0.2, -0.15) is 0 Å². The van der Waals surface area contributed by atoms with E-state index in [1.54, 1.807) is 16.8 Å². The smallest absolute Gasteiger partial charge is 0.268 e. The molecular formula is C11H19N3O3. The molecule has 0 spiro atoms. The van der Waals surface area contributed by atoms with Crippen LogP contribution in [0.1, 0.15) is 23.8 Å². The second-order valence-electron chi connectivity index (χ2n) is 3.90. The number of anilines is 1. The molecule has 6 nitrogen and oxygen atoms in total. The first-order chi connectivity index (χ1) is 8.08. The minimum atomic E-state index is -0.939. The standard InChI is InChI=1S/C11H19N3O3/c1-2-3-14-6-8(12)4-10(14)11(17)13-5-9(16)7-15/h4,6,9,15-16H,2-3,5,7,12H2,1H3,(H,13,17). The number of rotatable bonds is 6. The third-order valence-electron chi connectivity index (χ3n) is 2.32. The number of amides is 1. The van der Waals surface area contributed by atoms with Crippen LogP contribution in [0.3, 0.4) is 0 Å². The lowest BCUT2D eigenvalue weighted by atomic mass is 10.3. The Morgan fingerprint density at radius 1 is 1.65 bits per heavy atom. The summed E-state index contributed by atoms with van der Waals surface area (Å²) in [5.41, 5.74) is 6.64. The Morgan fingerprint density at radius 2 is 2.35 bits per heavy atom.